The van der Waals surface area contributed by atoms with Gasteiger partial charge >= 0.3 is 10.5 Å². The lowest BCUT2D eigenvalue weighted by Crippen LogP contribution is -2.19. The van der Waals surface area contributed by atoms with Gasteiger partial charge in [0.05, 0.1) is 5.56 Å². The maximum Gasteiger partial charge on any atom is 0.488 e. The fraction of sp³-hybridized carbons (Fsp3) is 0.125. The van der Waals surface area contributed by atoms with Crippen molar-refractivity contribution in [2.24, 2.45) is 0 Å². The summed E-state index contributed by atoms with van der Waals surface area (Å²) >= 11 is 0. The van der Waals surface area contributed by atoms with Crippen molar-refractivity contribution in [3.05, 3.63) is 29.8 Å². The Bertz CT molecular complexity index is 471. The van der Waals surface area contributed by atoms with Crippen LogP contribution in [0.1, 0.15) is 10.4 Å². The lowest BCUT2D eigenvalue weighted by atomic mass is 10.2. The van der Waals surface area contributed by atoms with Crippen LogP contribution in [0.15, 0.2) is 24.3 Å². The van der Waals surface area contributed by atoms with Gasteiger partial charge in [0.25, 0.3) is 5.91 Å². The third-order valence-corrected chi connectivity index (χ3v) is 1.93. The quantitative estimate of drug-likeness (QED) is 0.777. The lowest BCUT2D eigenvalue weighted by molar-refractivity contribution is 0.0961. The normalized spacial score (nSPS) is 10.8. The van der Waals surface area contributed by atoms with Gasteiger partial charge in [0.2, 0.25) is 0 Å². The van der Waals surface area contributed by atoms with E-state index in [1.54, 1.807) is 0 Å². The Morgan fingerprint density at radius 2 is 2.00 bits per heavy atom. The van der Waals surface area contributed by atoms with Crippen molar-refractivity contribution in [3.8, 4) is 5.75 Å². The van der Waals surface area contributed by atoms with Crippen molar-refractivity contribution in [2.75, 3.05) is 7.05 Å². The smallest absolute Gasteiger partial charge is 0.358 e. The summed E-state index contributed by atoms with van der Waals surface area (Å²) in [5.41, 5.74) is -0.0544. The predicted octanol–water partition coefficient (Wildman–Crippen LogP) is 0.639. The van der Waals surface area contributed by atoms with Crippen LogP contribution >= 0.6 is 0 Å². The monoisotopic (exact) mass is 233 g/mol. The van der Waals surface area contributed by atoms with Crippen LogP contribution in [0.5, 0.6) is 5.75 Å². The molecule has 0 atom stereocenters. The minimum absolute atomic E-state index is 0.0544. The predicted molar refractivity (Wildman–Crippen MR) is 50.5 cm³/mol. The van der Waals surface area contributed by atoms with Crippen molar-refractivity contribution in [1.82, 2.24) is 5.32 Å². The number of carbonyl (C=O) groups excluding carboxylic acids is 1. The van der Waals surface area contributed by atoms with Crippen molar-refractivity contribution in [3.63, 3.8) is 0 Å². The highest BCUT2D eigenvalue weighted by molar-refractivity contribution is 7.81. The topological polar surface area (TPSA) is 72.5 Å². The summed E-state index contributed by atoms with van der Waals surface area (Å²) in [6, 6.07) is 5.43. The first-order chi connectivity index (χ1) is 6.94. The maximum atomic E-state index is 12.2. The van der Waals surface area contributed by atoms with Crippen LogP contribution in [0.25, 0.3) is 0 Å². The highest BCUT2D eigenvalue weighted by atomic mass is 32.3. The van der Waals surface area contributed by atoms with E-state index in [0.29, 0.717) is 0 Å². The fourth-order valence-corrected chi connectivity index (χ4v) is 1.33. The van der Waals surface area contributed by atoms with Gasteiger partial charge in [-0.2, -0.15) is 8.42 Å². The molecule has 5 nitrogen and oxygen atoms in total. The Kier molecular flexibility index (Phi) is 3.25. The molecule has 0 saturated carbocycles. The summed E-state index contributed by atoms with van der Waals surface area (Å²) in [5.74, 6) is -0.909. The van der Waals surface area contributed by atoms with Gasteiger partial charge in [-0.15, -0.1) is 0 Å². The average molecular weight is 233 g/mol. The lowest BCUT2D eigenvalue weighted by Gasteiger charge is -2.05. The number of hydrogen-bond acceptors (Lipinski definition) is 4. The molecule has 0 aliphatic rings. The molecule has 1 aromatic rings. The molecule has 0 aliphatic heterocycles. The van der Waals surface area contributed by atoms with Gasteiger partial charge in [0.15, 0.2) is 5.75 Å². The Balaban J connectivity index is 3.13. The summed E-state index contributed by atoms with van der Waals surface area (Å²) in [6.45, 7) is 0. The van der Waals surface area contributed by atoms with Crippen LogP contribution in [0.2, 0.25) is 0 Å². The Hall–Kier alpha value is -1.63. The highest BCUT2D eigenvalue weighted by Gasteiger charge is 2.16. The molecule has 7 heteroatoms. The Morgan fingerprint density at radius 1 is 1.40 bits per heavy atom. The minimum Gasteiger partial charge on any atom is -0.358 e. The van der Waals surface area contributed by atoms with E-state index in [-0.39, 0.29) is 11.3 Å². The molecular weight excluding hydrogens is 225 g/mol. The van der Waals surface area contributed by atoms with Gasteiger partial charge in [0.1, 0.15) is 0 Å². The Labute approximate surface area is 86.3 Å². The largest absolute Gasteiger partial charge is 0.488 e. The van der Waals surface area contributed by atoms with E-state index >= 15 is 0 Å². The summed E-state index contributed by atoms with van der Waals surface area (Å²) in [6.07, 6.45) is 0. The first kappa shape index (κ1) is 11.4. The summed E-state index contributed by atoms with van der Waals surface area (Å²) in [5, 5.41) is 2.27. The number of rotatable bonds is 3. The molecule has 0 spiro atoms. The molecule has 0 fully saturated rings. The molecule has 1 amide bonds. The number of halogens is 1. The van der Waals surface area contributed by atoms with Crippen LogP contribution < -0.4 is 9.50 Å². The average Bonchev–Trinajstić information content (AvgIpc) is 2.15. The summed E-state index contributed by atoms with van der Waals surface area (Å²) in [4.78, 5) is 11.2. The molecule has 0 heterocycles. The van der Waals surface area contributed by atoms with Gasteiger partial charge in [-0.05, 0) is 12.1 Å². The zero-order valence-corrected chi connectivity index (χ0v) is 8.55. The van der Waals surface area contributed by atoms with E-state index in [1.165, 1.54) is 31.3 Å². The second kappa shape index (κ2) is 4.26. The number of amides is 1. The Morgan fingerprint density at radius 3 is 2.53 bits per heavy atom. The van der Waals surface area contributed by atoms with Crippen LogP contribution in [0.3, 0.4) is 0 Å². The third kappa shape index (κ3) is 3.21. The van der Waals surface area contributed by atoms with Gasteiger partial charge in [-0.25, -0.2) is 0 Å². The molecule has 0 aliphatic carbocycles. The maximum absolute atomic E-state index is 12.2. The summed E-state index contributed by atoms with van der Waals surface area (Å²) < 4.78 is 36.7. The van der Waals surface area contributed by atoms with Crippen molar-refractivity contribution in [1.29, 1.82) is 0 Å². The molecule has 0 bridgehead atoms. The van der Waals surface area contributed by atoms with Crippen molar-refractivity contribution < 1.29 is 21.3 Å². The van der Waals surface area contributed by atoms with Crippen molar-refractivity contribution in [2.45, 2.75) is 0 Å². The van der Waals surface area contributed by atoms with Crippen LogP contribution in [0.4, 0.5) is 3.89 Å². The van der Waals surface area contributed by atoms with Crippen LogP contribution in [-0.2, 0) is 10.5 Å². The molecule has 82 valence electrons. The van der Waals surface area contributed by atoms with Crippen LogP contribution in [0, 0.1) is 0 Å². The minimum atomic E-state index is -5.12. The number of benzene rings is 1. The molecule has 0 aromatic heterocycles. The zero-order chi connectivity index (χ0) is 11.5. The van der Waals surface area contributed by atoms with Crippen LogP contribution in [-0.4, -0.2) is 21.4 Å². The number of para-hydroxylation sites is 1. The fourth-order valence-electron chi connectivity index (χ4n) is 0.969. The number of nitrogens with one attached hydrogen (secondary N) is 1. The standard InChI is InChI=1S/C8H8FNO4S/c1-10-8(11)6-4-2-3-5-7(6)14-15(9,12)13/h2-5H,1H3,(H,10,11). The SMILES string of the molecule is CNC(=O)c1ccccc1OS(=O)(=O)F. The van der Waals surface area contributed by atoms with E-state index in [1.807, 2.05) is 0 Å². The number of hydrogen-bond donors (Lipinski definition) is 1. The van der Waals surface area contributed by atoms with Gasteiger partial charge in [-0.1, -0.05) is 16.0 Å². The van der Waals surface area contributed by atoms with E-state index in [0.717, 1.165) is 0 Å². The first-order valence-corrected chi connectivity index (χ1v) is 5.20. The molecule has 0 unspecified atom stereocenters. The molecule has 0 radical (unpaired) electrons. The summed E-state index contributed by atoms with van der Waals surface area (Å²) in [7, 11) is -3.76. The van der Waals surface area contributed by atoms with Gasteiger partial charge in [0, 0.05) is 7.05 Å². The first-order valence-electron chi connectivity index (χ1n) is 3.89. The van der Waals surface area contributed by atoms with Gasteiger partial charge < -0.3 is 9.50 Å². The second-order valence-electron chi connectivity index (χ2n) is 2.55. The molecule has 1 rings (SSSR count). The highest BCUT2D eigenvalue weighted by Crippen LogP contribution is 2.19. The molecular formula is C8H8FNO4S. The van der Waals surface area contributed by atoms with E-state index in [9.17, 15) is 17.1 Å². The molecule has 15 heavy (non-hydrogen) atoms. The van der Waals surface area contributed by atoms with E-state index in [2.05, 4.69) is 9.50 Å². The van der Waals surface area contributed by atoms with E-state index in [4.69, 9.17) is 0 Å². The second-order valence-corrected chi connectivity index (χ2v) is 3.50. The van der Waals surface area contributed by atoms with E-state index < -0.39 is 16.4 Å². The third-order valence-electron chi connectivity index (χ3n) is 1.55. The van der Waals surface area contributed by atoms with Crippen molar-refractivity contribution >= 4 is 16.4 Å². The molecule has 0 saturated heterocycles. The molecule has 1 aromatic carbocycles. The molecule has 1 N–H and O–H groups in total. The van der Waals surface area contributed by atoms with Gasteiger partial charge in [-0.3, -0.25) is 4.79 Å². The zero-order valence-electron chi connectivity index (χ0n) is 7.73. The number of carbonyl (C=O) groups is 1.